The number of rotatable bonds is 6. The van der Waals surface area contributed by atoms with E-state index in [-0.39, 0.29) is 0 Å². The maximum absolute atomic E-state index is 6.20. The monoisotopic (exact) mass is 317 g/mol. The molecule has 2 aromatic rings. The molecule has 2 aromatic heterocycles. The van der Waals surface area contributed by atoms with Crippen LogP contribution < -0.4 is 11.2 Å². The van der Waals surface area contributed by atoms with E-state index in [9.17, 15) is 0 Å². The van der Waals surface area contributed by atoms with Gasteiger partial charge >= 0.3 is 0 Å². The van der Waals surface area contributed by atoms with Crippen molar-refractivity contribution >= 4 is 16.9 Å². The maximum atomic E-state index is 6.20. The van der Waals surface area contributed by atoms with Gasteiger partial charge in [-0.05, 0) is 46.0 Å². The molecule has 0 bridgehead atoms. The summed E-state index contributed by atoms with van der Waals surface area (Å²) in [6.07, 6.45) is 5.47. The number of fused-ring (bicyclic) bond motifs is 3. The van der Waals surface area contributed by atoms with Crippen molar-refractivity contribution in [1.29, 1.82) is 0 Å². The van der Waals surface area contributed by atoms with Gasteiger partial charge in [-0.2, -0.15) is 0 Å². The first-order chi connectivity index (χ1) is 11.2. The summed E-state index contributed by atoms with van der Waals surface area (Å²) in [6.45, 7) is 7.48. The van der Waals surface area contributed by atoms with Gasteiger partial charge in [-0.15, -0.1) is 0 Å². The fourth-order valence-electron chi connectivity index (χ4n) is 3.13. The van der Waals surface area contributed by atoms with Crippen LogP contribution in [0.1, 0.15) is 57.1 Å². The normalized spacial score (nSPS) is 15.6. The maximum Gasteiger partial charge on any atom is 0.154 e. The van der Waals surface area contributed by atoms with E-state index in [1.165, 1.54) is 18.4 Å². The van der Waals surface area contributed by atoms with Gasteiger partial charge in [-0.1, -0.05) is 6.92 Å². The minimum atomic E-state index is 0.349. The van der Waals surface area contributed by atoms with Gasteiger partial charge in [0.2, 0.25) is 0 Å². The van der Waals surface area contributed by atoms with E-state index in [1.54, 1.807) is 0 Å². The molecule has 3 N–H and O–H groups in total. The van der Waals surface area contributed by atoms with Crippen molar-refractivity contribution in [2.75, 3.05) is 17.8 Å². The van der Waals surface area contributed by atoms with Crippen LogP contribution in [0.3, 0.4) is 0 Å². The molecule has 6 heteroatoms. The Morgan fingerprint density at radius 2 is 2.04 bits per heavy atom. The van der Waals surface area contributed by atoms with E-state index in [4.69, 9.17) is 15.5 Å². The number of nitrogens with two attached hydrogens (primary N) is 1. The third-order valence-corrected chi connectivity index (χ3v) is 4.57. The highest BCUT2D eigenvalue weighted by molar-refractivity contribution is 5.89. The van der Waals surface area contributed by atoms with Crippen LogP contribution in [0.4, 0.5) is 5.82 Å². The van der Waals surface area contributed by atoms with Crippen molar-refractivity contribution in [2.24, 2.45) is 0 Å². The number of pyridine rings is 1. The fourth-order valence-corrected chi connectivity index (χ4v) is 3.13. The Kier molecular flexibility index (Phi) is 4.71. The van der Waals surface area contributed by atoms with E-state index in [2.05, 4.69) is 28.9 Å². The summed E-state index contributed by atoms with van der Waals surface area (Å²) in [5.41, 5.74) is 14.1. The van der Waals surface area contributed by atoms with Crippen LogP contribution in [-0.2, 0) is 24.2 Å². The Balaban J connectivity index is 2.18. The van der Waals surface area contributed by atoms with Crippen molar-refractivity contribution in [3.63, 3.8) is 0 Å². The number of nitrogen functional groups attached to an aromatic ring is 1. The van der Waals surface area contributed by atoms with Crippen molar-refractivity contribution in [3.8, 4) is 0 Å². The molecule has 2 heterocycles. The van der Waals surface area contributed by atoms with Gasteiger partial charge in [-0.3, -0.25) is 0 Å². The molecule has 0 saturated carbocycles. The molecule has 0 radical (unpaired) electrons. The quantitative estimate of drug-likeness (QED) is 0.856. The van der Waals surface area contributed by atoms with Crippen LogP contribution in [0.15, 0.2) is 0 Å². The zero-order valence-corrected chi connectivity index (χ0v) is 14.4. The predicted octanol–water partition coefficient (Wildman–Crippen LogP) is 2.77. The highest BCUT2D eigenvalue weighted by Crippen LogP contribution is 2.31. The van der Waals surface area contributed by atoms with Gasteiger partial charge in [0.15, 0.2) is 11.6 Å². The molecule has 0 spiro atoms. The topological polar surface area (TPSA) is 78.0 Å². The van der Waals surface area contributed by atoms with E-state index in [1.807, 2.05) is 6.92 Å². The molecule has 1 aliphatic carbocycles. The second-order valence-corrected chi connectivity index (χ2v) is 6.27. The summed E-state index contributed by atoms with van der Waals surface area (Å²) in [7, 11) is 0. The number of anilines is 1. The van der Waals surface area contributed by atoms with Gasteiger partial charge in [-0.25, -0.2) is 14.6 Å². The first-order valence-corrected chi connectivity index (χ1v) is 8.68. The number of aryl methyl sites for hydroxylation is 2. The average Bonchev–Trinajstić information content (AvgIpc) is 2.92. The van der Waals surface area contributed by atoms with Crippen molar-refractivity contribution in [2.45, 2.75) is 65.5 Å². The van der Waals surface area contributed by atoms with Crippen LogP contribution in [0.25, 0.3) is 11.0 Å². The molecule has 0 fully saturated rings. The molecule has 1 atom stereocenters. The lowest BCUT2D eigenvalue weighted by Crippen LogP contribution is -2.27. The summed E-state index contributed by atoms with van der Waals surface area (Å²) in [5.74, 6) is 1.40. The second-order valence-electron chi connectivity index (χ2n) is 6.27. The Labute approximate surface area is 137 Å². The average molecular weight is 317 g/mol. The van der Waals surface area contributed by atoms with Crippen LogP contribution >= 0.6 is 0 Å². The molecule has 6 nitrogen and oxygen atoms in total. The largest absolute Gasteiger partial charge is 0.382 e. The summed E-state index contributed by atoms with van der Waals surface area (Å²) in [4.78, 5) is 9.34. The summed E-state index contributed by atoms with van der Waals surface area (Å²) >= 11 is 0. The van der Waals surface area contributed by atoms with Gasteiger partial charge in [0.1, 0.15) is 12.1 Å². The molecule has 23 heavy (non-hydrogen) atoms. The van der Waals surface area contributed by atoms with Gasteiger partial charge in [0, 0.05) is 23.9 Å². The van der Waals surface area contributed by atoms with Crippen LogP contribution in [-0.4, -0.2) is 27.3 Å². The number of nitrogens with one attached hydrogen (secondary N) is 1. The number of hydrogen-bond donors (Lipinski definition) is 2. The molecule has 3 rings (SSSR count). The highest BCUT2D eigenvalue weighted by Gasteiger charge is 2.23. The van der Waals surface area contributed by atoms with Crippen LogP contribution in [0, 0.1) is 0 Å². The Bertz CT molecular complexity index is 694. The second kappa shape index (κ2) is 6.74. The van der Waals surface area contributed by atoms with E-state index in [0.29, 0.717) is 25.1 Å². The third-order valence-electron chi connectivity index (χ3n) is 4.57. The highest BCUT2D eigenvalue weighted by atomic mass is 16.5. The summed E-state index contributed by atoms with van der Waals surface area (Å²) < 4.78 is 7.70. The minimum Gasteiger partial charge on any atom is -0.382 e. The van der Waals surface area contributed by atoms with Gasteiger partial charge < -0.3 is 15.9 Å². The lowest BCUT2D eigenvalue weighted by atomic mass is 9.95. The molecule has 1 aliphatic rings. The lowest BCUT2D eigenvalue weighted by molar-refractivity contribution is 0.126. The SMILES string of the molecule is CCOCc1nc2c(N)nc3c(c2n1NC(C)CC)CCCC3. The molecule has 1 unspecified atom stereocenters. The number of ether oxygens (including phenoxy) is 1. The summed E-state index contributed by atoms with van der Waals surface area (Å²) in [5, 5.41) is 0. The number of nitrogens with zero attached hydrogens (tertiary/aromatic N) is 3. The number of aromatic nitrogens is 3. The van der Waals surface area contributed by atoms with Crippen LogP contribution in [0.2, 0.25) is 0 Å². The molecular formula is C17H27N5O. The fraction of sp³-hybridized carbons (Fsp3) is 0.647. The van der Waals surface area contributed by atoms with Gasteiger partial charge in [0.25, 0.3) is 0 Å². The molecule has 0 saturated heterocycles. The van der Waals surface area contributed by atoms with Crippen molar-refractivity contribution in [1.82, 2.24) is 14.6 Å². The molecule has 0 aromatic carbocycles. The molecule has 0 aliphatic heterocycles. The standard InChI is InChI=1S/C17H27N5O/c1-4-11(3)21-22-14(10-23-5-2)20-15-16(22)12-8-6-7-9-13(12)19-17(15)18/h11,21H,4-10H2,1-3H3,(H2,18,19). The van der Waals surface area contributed by atoms with Gasteiger partial charge in [0.05, 0.1) is 5.52 Å². The van der Waals surface area contributed by atoms with E-state index in [0.717, 1.165) is 41.8 Å². The predicted molar refractivity (Wildman–Crippen MR) is 93.0 cm³/mol. The minimum absolute atomic E-state index is 0.349. The summed E-state index contributed by atoms with van der Waals surface area (Å²) in [6, 6.07) is 0.349. The van der Waals surface area contributed by atoms with Crippen molar-refractivity contribution in [3.05, 3.63) is 17.1 Å². The number of hydrogen-bond acceptors (Lipinski definition) is 5. The Hall–Kier alpha value is -1.82. The zero-order chi connectivity index (χ0) is 16.4. The zero-order valence-electron chi connectivity index (χ0n) is 14.4. The lowest BCUT2D eigenvalue weighted by Gasteiger charge is -2.21. The third kappa shape index (κ3) is 3.00. The Morgan fingerprint density at radius 1 is 1.26 bits per heavy atom. The first-order valence-electron chi connectivity index (χ1n) is 8.68. The molecule has 126 valence electrons. The van der Waals surface area contributed by atoms with Crippen LogP contribution in [0.5, 0.6) is 0 Å². The molecule has 0 amide bonds. The molecular weight excluding hydrogens is 290 g/mol. The van der Waals surface area contributed by atoms with E-state index < -0.39 is 0 Å². The number of imidazole rings is 1. The Morgan fingerprint density at radius 3 is 2.78 bits per heavy atom. The smallest absolute Gasteiger partial charge is 0.154 e. The van der Waals surface area contributed by atoms with Crippen molar-refractivity contribution < 1.29 is 4.74 Å². The first kappa shape index (κ1) is 16.1. The van der Waals surface area contributed by atoms with E-state index >= 15 is 0 Å².